The summed E-state index contributed by atoms with van der Waals surface area (Å²) in [4.78, 5) is 5.80. The van der Waals surface area contributed by atoms with E-state index >= 15 is 0 Å². The lowest BCUT2D eigenvalue weighted by Crippen LogP contribution is -2.52. The molecule has 128 valence electrons. The van der Waals surface area contributed by atoms with Gasteiger partial charge in [-0.1, -0.05) is 30.3 Å². The number of hydrogen-bond acceptors (Lipinski definition) is 6. The normalized spacial score (nSPS) is 39.8. The summed E-state index contributed by atoms with van der Waals surface area (Å²) in [5, 5.41) is 1.97. The third-order valence-corrected chi connectivity index (χ3v) is 4.99. The molecule has 3 fully saturated rings. The van der Waals surface area contributed by atoms with Crippen molar-refractivity contribution in [3.05, 3.63) is 47.7 Å². The number of benzene rings is 1. The minimum Gasteiger partial charge on any atom is -0.413 e. The van der Waals surface area contributed by atoms with Crippen molar-refractivity contribution in [3.63, 3.8) is 0 Å². The molecule has 0 aromatic heterocycles. The molecule has 0 radical (unpaired) electrons. The Labute approximate surface area is 140 Å². The summed E-state index contributed by atoms with van der Waals surface area (Å²) in [5.41, 5.74) is 2.30. The Morgan fingerprint density at radius 1 is 1.08 bits per heavy atom. The highest BCUT2D eigenvalue weighted by Crippen LogP contribution is 2.45. The van der Waals surface area contributed by atoms with E-state index in [1.807, 2.05) is 37.1 Å². The molecule has 1 aromatic rings. The molecule has 0 saturated carbocycles. The SMILES string of the molecule is CC1(C)O[C@H]2O[C@H]3[C@@H](OCC4=CON(Cc5ccccc5)[C@@H]43)[C@H]2O1. The van der Waals surface area contributed by atoms with Crippen molar-refractivity contribution in [1.82, 2.24) is 5.06 Å². The van der Waals surface area contributed by atoms with Gasteiger partial charge in [0, 0.05) is 5.57 Å². The van der Waals surface area contributed by atoms with Crippen LogP contribution in [0.25, 0.3) is 0 Å². The Hall–Kier alpha value is -1.44. The largest absolute Gasteiger partial charge is 0.413 e. The van der Waals surface area contributed by atoms with E-state index in [0.29, 0.717) is 13.2 Å². The lowest BCUT2D eigenvalue weighted by Gasteiger charge is -2.37. The monoisotopic (exact) mass is 331 g/mol. The molecule has 6 nitrogen and oxygen atoms in total. The van der Waals surface area contributed by atoms with E-state index in [-0.39, 0.29) is 30.6 Å². The van der Waals surface area contributed by atoms with Crippen LogP contribution in [0.15, 0.2) is 42.2 Å². The predicted molar refractivity (Wildman–Crippen MR) is 83.4 cm³/mol. The Balaban J connectivity index is 1.37. The van der Waals surface area contributed by atoms with E-state index in [2.05, 4.69) is 12.1 Å². The van der Waals surface area contributed by atoms with Crippen LogP contribution in [0.4, 0.5) is 0 Å². The van der Waals surface area contributed by atoms with Crippen LogP contribution in [0.5, 0.6) is 0 Å². The van der Waals surface area contributed by atoms with Gasteiger partial charge in [-0.2, -0.15) is 0 Å². The second-order valence-corrected chi connectivity index (χ2v) is 7.15. The van der Waals surface area contributed by atoms with E-state index in [0.717, 1.165) is 5.57 Å². The fourth-order valence-corrected chi connectivity index (χ4v) is 3.99. The molecule has 0 spiro atoms. The van der Waals surface area contributed by atoms with Crippen molar-refractivity contribution in [2.45, 2.75) is 56.8 Å². The molecule has 6 heteroatoms. The Kier molecular flexibility index (Phi) is 3.27. The van der Waals surface area contributed by atoms with Gasteiger partial charge in [0.1, 0.15) is 30.6 Å². The number of rotatable bonds is 2. The van der Waals surface area contributed by atoms with Gasteiger partial charge in [-0.25, -0.2) is 0 Å². The lowest BCUT2D eigenvalue weighted by molar-refractivity contribution is -0.240. The molecule has 5 atom stereocenters. The minimum absolute atomic E-state index is 0.0323. The molecule has 0 bridgehead atoms. The average Bonchev–Trinajstić information content (AvgIpc) is 3.18. The van der Waals surface area contributed by atoms with Gasteiger partial charge in [-0.3, -0.25) is 0 Å². The summed E-state index contributed by atoms with van der Waals surface area (Å²) in [7, 11) is 0. The summed E-state index contributed by atoms with van der Waals surface area (Å²) in [6, 6.07) is 10.3. The molecule has 1 aromatic carbocycles. The van der Waals surface area contributed by atoms with Crippen LogP contribution in [0.1, 0.15) is 19.4 Å². The first-order chi connectivity index (χ1) is 11.6. The molecule has 3 saturated heterocycles. The van der Waals surface area contributed by atoms with E-state index in [9.17, 15) is 0 Å². The number of fused-ring (bicyclic) bond motifs is 5. The van der Waals surface area contributed by atoms with Gasteiger partial charge in [-0.05, 0) is 19.4 Å². The van der Waals surface area contributed by atoms with Crippen LogP contribution in [-0.2, 0) is 30.3 Å². The van der Waals surface area contributed by atoms with Crippen LogP contribution >= 0.6 is 0 Å². The molecule has 4 aliphatic heterocycles. The van der Waals surface area contributed by atoms with Gasteiger partial charge < -0.3 is 23.8 Å². The van der Waals surface area contributed by atoms with Gasteiger partial charge in [0.05, 0.1) is 13.2 Å². The highest BCUT2D eigenvalue weighted by molar-refractivity contribution is 5.23. The number of hydroxylamine groups is 2. The van der Waals surface area contributed by atoms with Crippen LogP contribution in [-0.4, -0.2) is 48.1 Å². The maximum Gasteiger partial charge on any atom is 0.190 e. The van der Waals surface area contributed by atoms with Gasteiger partial charge >= 0.3 is 0 Å². The topological polar surface area (TPSA) is 49.4 Å². The highest BCUT2D eigenvalue weighted by atomic mass is 16.8. The molecule has 24 heavy (non-hydrogen) atoms. The maximum absolute atomic E-state index is 6.17. The van der Waals surface area contributed by atoms with Gasteiger partial charge in [0.15, 0.2) is 12.1 Å². The zero-order valence-corrected chi connectivity index (χ0v) is 13.8. The smallest absolute Gasteiger partial charge is 0.190 e. The first kappa shape index (κ1) is 14.9. The predicted octanol–water partition coefficient (Wildman–Crippen LogP) is 1.96. The average molecular weight is 331 g/mol. The van der Waals surface area contributed by atoms with E-state index in [1.54, 1.807) is 6.26 Å². The summed E-state index contributed by atoms with van der Waals surface area (Å²) < 4.78 is 24.0. The Morgan fingerprint density at radius 3 is 2.75 bits per heavy atom. The van der Waals surface area contributed by atoms with E-state index in [1.165, 1.54) is 5.56 Å². The molecule has 4 heterocycles. The first-order valence-electron chi connectivity index (χ1n) is 8.40. The number of ether oxygens (including phenoxy) is 4. The van der Waals surface area contributed by atoms with Crippen molar-refractivity contribution >= 4 is 0 Å². The molecular weight excluding hydrogens is 310 g/mol. The van der Waals surface area contributed by atoms with E-state index < -0.39 is 5.79 Å². The van der Waals surface area contributed by atoms with Gasteiger partial charge in [0.2, 0.25) is 0 Å². The summed E-state index contributed by atoms with van der Waals surface area (Å²) in [6.45, 7) is 5.03. The molecule has 5 rings (SSSR count). The fourth-order valence-electron chi connectivity index (χ4n) is 3.99. The van der Waals surface area contributed by atoms with Crippen LogP contribution in [0, 0.1) is 0 Å². The minimum atomic E-state index is -0.629. The molecular formula is C18H21NO5. The third kappa shape index (κ3) is 2.29. The van der Waals surface area contributed by atoms with E-state index in [4.69, 9.17) is 23.8 Å². The lowest BCUT2D eigenvalue weighted by atomic mass is 9.94. The molecule has 0 unspecified atom stereocenters. The molecule has 0 amide bonds. The van der Waals surface area contributed by atoms with Crippen LogP contribution in [0.2, 0.25) is 0 Å². The first-order valence-corrected chi connectivity index (χ1v) is 8.40. The second kappa shape index (κ2) is 5.28. The van der Waals surface area contributed by atoms with Crippen molar-refractivity contribution in [2.24, 2.45) is 0 Å². The maximum atomic E-state index is 6.17. The third-order valence-electron chi connectivity index (χ3n) is 4.99. The molecule has 0 N–H and O–H groups in total. The Bertz CT molecular complexity index is 661. The van der Waals surface area contributed by atoms with Crippen LogP contribution in [0.3, 0.4) is 0 Å². The molecule has 4 aliphatic rings. The van der Waals surface area contributed by atoms with Crippen molar-refractivity contribution in [2.75, 3.05) is 6.61 Å². The van der Waals surface area contributed by atoms with Gasteiger partial charge in [0.25, 0.3) is 0 Å². The summed E-state index contributed by atoms with van der Waals surface area (Å²) in [6.07, 6.45) is 0.924. The second-order valence-electron chi connectivity index (χ2n) is 7.15. The number of nitrogens with zero attached hydrogens (tertiary/aromatic N) is 1. The van der Waals surface area contributed by atoms with Crippen molar-refractivity contribution in [3.8, 4) is 0 Å². The zero-order chi connectivity index (χ0) is 16.3. The summed E-state index contributed by atoms with van der Waals surface area (Å²) in [5.74, 6) is -0.629. The van der Waals surface area contributed by atoms with Crippen molar-refractivity contribution in [1.29, 1.82) is 0 Å². The fraction of sp³-hybridized carbons (Fsp3) is 0.556. The quantitative estimate of drug-likeness (QED) is 0.826. The Morgan fingerprint density at radius 2 is 1.92 bits per heavy atom. The van der Waals surface area contributed by atoms with Crippen molar-refractivity contribution < 1.29 is 23.8 Å². The highest BCUT2D eigenvalue weighted by Gasteiger charge is 2.61. The standard InChI is InChI=1S/C18H21NO5/c1-18(2)23-16-15-14(22-17(16)24-18)13-12(9-20-15)10-21-19(13)8-11-6-4-3-5-7-11/h3-7,10,13-17H,8-9H2,1-2H3/t13-,14+,15+,16+,17+/m0/s1. The number of hydrogen-bond donors (Lipinski definition) is 0. The van der Waals surface area contributed by atoms with Crippen LogP contribution < -0.4 is 0 Å². The summed E-state index contributed by atoms with van der Waals surface area (Å²) >= 11 is 0. The van der Waals surface area contributed by atoms with Gasteiger partial charge in [-0.15, -0.1) is 5.06 Å². The zero-order valence-electron chi connectivity index (χ0n) is 13.8. The molecule has 0 aliphatic carbocycles.